The summed E-state index contributed by atoms with van der Waals surface area (Å²) in [6.45, 7) is 3.87. The summed E-state index contributed by atoms with van der Waals surface area (Å²) < 4.78 is 5.38. The first-order valence-corrected chi connectivity index (χ1v) is 9.74. The first kappa shape index (κ1) is 17.3. The third kappa shape index (κ3) is 3.70. The molecule has 2 aliphatic heterocycles. The summed E-state index contributed by atoms with van der Waals surface area (Å²) in [6, 6.07) is 8.30. The molecule has 3 aliphatic rings. The second kappa shape index (κ2) is 7.66. The van der Waals surface area contributed by atoms with Crippen LogP contribution in [0, 0.1) is 5.92 Å². The summed E-state index contributed by atoms with van der Waals surface area (Å²) in [5.41, 5.74) is 1.94. The lowest BCUT2D eigenvalue weighted by molar-refractivity contribution is -0.129. The zero-order valence-electron chi connectivity index (χ0n) is 15.2. The Kier molecular flexibility index (Phi) is 5.11. The molecule has 6 heteroatoms. The second-order valence-electron chi connectivity index (χ2n) is 7.52. The topological polar surface area (TPSA) is 61.9 Å². The smallest absolute Gasteiger partial charge is 0.229 e. The Bertz CT molecular complexity index is 649. The maximum absolute atomic E-state index is 12.6. The van der Waals surface area contributed by atoms with Crippen LogP contribution in [-0.2, 0) is 14.3 Å². The SMILES string of the molecule is O=C(Nc1ccc(N2CCOCC2)cc1)[C@@H]1CC(=O)N(C2CCCC2)C1. The average Bonchev–Trinajstić information content (AvgIpc) is 3.32. The third-order valence-electron chi connectivity index (χ3n) is 5.81. The van der Waals surface area contributed by atoms with E-state index in [1.54, 1.807) is 0 Å². The van der Waals surface area contributed by atoms with Crippen molar-refractivity contribution in [3.8, 4) is 0 Å². The molecule has 1 atom stereocenters. The van der Waals surface area contributed by atoms with Crippen molar-refractivity contribution in [3.05, 3.63) is 24.3 Å². The summed E-state index contributed by atoms with van der Waals surface area (Å²) in [5.74, 6) is -0.139. The largest absolute Gasteiger partial charge is 0.378 e. The molecule has 26 heavy (non-hydrogen) atoms. The number of likely N-dealkylation sites (tertiary alicyclic amines) is 1. The van der Waals surface area contributed by atoms with Gasteiger partial charge in [0, 0.05) is 43.5 Å². The molecule has 140 valence electrons. The maximum Gasteiger partial charge on any atom is 0.229 e. The fraction of sp³-hybridized carbons (Fsp3) is 0.600. The lowest BCUT2D eigenvalue weighted by Crippen LogP contribution is -2.36. The van der Waals surface area contributed by atoms with E-state index in [-0.39, 0.29) is 17.7 Å². The van der Waals surface area contributed by atoms with Gasteiger partial charge in [-0.1, -0.05) is 12.8 Å². The van der Waals surface area contributed by atoms with Gasteiger partial charge in [0.2, 0.25) is 11.8 Å². The normalized spacial score (nSPS) is 24.3. The van der Waals surface area contributed by atoms with E-state index in [4.69, 9.17) is 4.74 Å². The Morgan fingerprint density at radius 1 is 1.08 bits per heavy atom. The van der Waals surface area contributed by atoms with Crippen LogP contribution in [0.4, 0.5) is 11.4 Å². The van der Waals surface area contributed by atoms with Crippen molar-refractivity contribution >= 4 is 23.2 Å². The van der Waals surface area contributed by atoms with E-state index in [0.717, 1.165) is 50.5 Å². The summed E-state index contributed by atoms with van der Waals surface area (Å²) >= 11 is 0. The van der Waals surface area contributed by atoms with Crippen molar-refractivity contribution in [2.75, 3.05) is 43.1 Å². The molecule has 0 radical (unpaired) electrons. The van der Waals surface area contributed by atoms with Gasteiger partial charge in [0.05, 0.1) is 19.1 Å². The number of benzene rings is 1. The minimum absolute atomic E-state index is 0.0435. The fourth-order valence-electron chi connectivity index (χ4n) is 4.30. The van der Waals surface area contributed by atoms with E-state index in [9.17, 15) is 9.59 Å². The van der Waals surface area contributed by atoms with Gasteiger partial charge in [0.1, 0.15) is 0 Å². The average molecular weight is 357 g/mol. The molecule has 1 aliphatic carbocycles. The fourth-order valence-corrected chi connectivity index (χ4v) is 4.30. The van der Waals surface area contributed by atoms with Crippen molar-refractivity contribution in [2.45, 2.75) is 38.1 Å². The van der Waals surface area contributed by atoms with Gasteiger partial charge < -0.3 is 19.9 Å². The molecule has 2 amide bonds. The van der Waals surface area contributed by atoms with Gasteiger partial charge in [-0.2, -0.15) is 0 Å². The first-order valence-electron chi connectivity index (χ1n) is 9.74. The highest BCUT2D eigenvalue weighted by atomic mass is 16.5. The van der Waals surface area contributed by atoms with Crippen LogP contribution in [0.5, 0.6) is 0 Å². The highest BCUT2D eigenvalue weighted by Crippen LogP contribution is 2.30. The molecule has 1 aromatic rings. The van der Waals surface area contributed by atoms with E-state index < -0.39 is 0 Å². The zero-order chi connectivity index (χ0) is 17.9. The summed E-state index contributed by atoms with van der Waals surface area (Å²) in [4.78, 5) is 29.1. The quantitative estimate of drug-likeness (QED) is 0.898. The number of nitrogens with zero attached hydrogens (tertiary/aromatic N) is 2. The Hall–Kier alpha value is -2.08. The number of anilines is 2. The van der Waals surface area contributed by atoms with Crippen molar-refractivity contribution < 1.29 is 14.3 Å². The molecule has 3 fully saturated rings. The van der Waals surface area contributed by atoms with Gasteiger partial charge in [-0.25, -0.2) is 0 Å². The molecule has 4 rings (SSSR count). The number of ether oxygens (including phenoxy) is 1. The predicted molar refractivity (Wildman–Crippen MR) is 100 cm³/mol. The molecule has 6 nitrogen and oxygen atoms in total. The van der Waals surface area contributed by atoms with Crippen LogP contribution < -0.4 is 10.2 Å². The van der Waals surface area contributed by atoms with E-state index in [1.165, 1.54) is 12.8 Å². The second-order valence-corrected chi connectivity index (χ2v) is 7.52. The predicted octanol–water partition coefficient (Wildman–Crippen LogP) is 2.25. The van der Waals surface area contributed by atoms with Crippen LogP contribution in [0.15, 0.2) is 24.3 Å². The Morgan fingerprint density at radius 3 is 2.46 bits per heavy atom. The number of carbonyl (C=O) groups excluding carboxylic acids is 2. The third-order valence-corrected chi connectivity index (χ3v) is 5.81. The van der Waals surface area contributed by atoms with Crippen LogP contribution in [0.25, 0.3) is 0 Å². The van der Waals surface area contributed by atoms with Crippen LogP contribution in [0.1, 0.15) is 32.1 Å². The van der Waals surface area contributed by atoms with E-state index in [0.29, 0.717) is 19.0 Å². The summed E-state index contributed by atoms with van der Waals surface area (Å²) in [6.07, 6.45) is 4.90. The minimum Gasteiger partial charge on any atom is -0.378 e. The molecule has 0 unspecified atom stereocenters. The van der Waals surface area contributed by atoms with Gasteiger partial charge in [0.25, 0.3) is 0 Å². The van der Waals surface area contributed by atoms with Crippen molar-refractivity contribution in [2.24, 2.45) is 5.92 Å². The van der Waals surface area contributed by atoms with Gasteiger partial charge in [-0.15, -0.1) is 0 Å². The summed E-state index contributed by atoms with van der Waals surface area (Å²) in [7, 11) is 0. The number of hydrogen-bond donors (Lipinski definition) is 1. The molecule has 2 heterocycles. The van der Waals surface area contributed by atoms with E-state index >= 15 is 0 Å². The molecule has 2 saturated heterocycles. The highest BCUT2D eigenvalue weighted by Gasteiger charge is 2.38. The number of nitrogens with one attached hydrogen (secondary N) is 1. The van der Waals surface area contributed by atoms with Crippen LogP contribution in [-0.4, -0.2) is 55.6 Å². The molecular formula is C20H27N3O3. The number of rotatable bonds is 4. The summed E-state index contributed by atoms with van der Waals surface area (Å²) in [5, 5.41) is 2.98. The van der Waals surface area contributed by atoms with E-state index in [2.05, 4.69) is 10.2 Å². The number of hydrogen-bond acceptors (Lipinski definition) is 4. The molecule has 0 aromatic heterocycles. The lowest BCUT2D eigenvalue weighted by atomic mass is 10.1. The van der Waals surface area contributed by atoms with Gasteiger partial charge in [-0.3, -0.25) is 9.59 Å². The van der Waals surface area contributed by atoms with Crippen molar-refractivity contribution in [1.82, 2.24) is 4.90 Å². The molecule has 1 saturated carbocycles. The van der Waals surface area contributed by atoms with Crippen molar-refractivity contribution in [3.63, 3.8) is 0 Å². The molecular weight excluding hydrogens is 330 g/mol. The molecule has 1 aromatic carbocycles. The highest BCUT2D eigenvalue weighted by molar-refractivity contribution is 5.97. The lowest BCUT2D eigenvalue weighted by Gasteiger charge is -2.29. The Labute approximate surface area is 154 Å². The monoisotopic (exact) mass is 357 g/mol. The van der Waals surface area contributed by atoms with Crippen LogP contribution in [0.3, 0.4) is 0 Å². The van der Waals surface area contributed by atoms with Crippen LogP contribution in [0.2, 0.25) is 0 Å². The van der Waals surface area contributed by atoms with Crippen molar-refractivity contribution in [1.29, 1.82) is 0 Å². The first-order chi connectivity index (χ1) is 12.7. The van der Waals surface area contributed by atoms with Crippen LogP contribution >= 0.6 is 0 Å². The number of carbonyl (C=O) groups is 2. The number of morpholine rings is 1. The Balaban J connectivity index is 1.33. The molecule has 0 spiro atoms. The molecule has 0 bridgehead atoms. The van der Waals surface area contributed by atoms with Gasteiger partial charge in [-0.05, 0) is 37.1 Å². The molecule has 1 N–H and O–H groups in total. The Morgan fingerprint density at radius 2 is 1.77 bits per heavy atom. The zero-order valence-corrected chi connectivity index (χ0v) is 15.2. The van der Waals surface area contributed by atoms with Gasteiger partial charge >= 0.3 is 0 Å². The van der Waals surface area contributed by atoms with Gasteiger partial charge in [0.15, 0.2) is 0 Å². The maximum atomic E-state index is 12.6. The number of amides is 2. The van der Waals surface area contributed by atoms with E-state index in [1.807, 2.05) is 29.2 Å². The minimum atomic E-state index is -0.234. The standard InChI is InChI=1S/C20H27N3O3/c24-19-13-15(14-23(19)18-3-1-2-4-18)20(25)21-16-5-7-17(8-6-16)22-9-11-26-12-10-22/h5-8,15,18H,1-4,9-14H2,(H,21,25)/t15-/m1/s1.